The first-order valence-corrected chi connectivity index (χ1v) is 11.0. The maximum Gasteiger partial charge on any atom is 0.252 e. The SMILES string of the molecule is O=C(NCCOc1ccc(F)cc1)[C@H]1CCCN(S(=O)(=O)c2cccs2)C1. The van der Waals surface area contributed by atoms with Crippen molar-refractivity contribution >= 4 is 27.3 Å². The Hall–Kier alpha value is -1.97. The van der Waals surface area contributed by atoms with Crippen LogP contribution in [0.5, 0.6) is 5.75 Å². The Bertz CT molecular complexity index is 854. The van der Waals surface area contributed by atoms with E-state index in [0.29, 0.717) is 35.9 Å². The molecule has 2 aromatic rings. The molecule has 0 spiro atoms. The van der Waals surface area contributed by atoms with Crippen molar-refractivity contribution in [1.29, 1.82) is 0 Å². The van der Waals surface area contributed by atoms with Crippen molar-refractivity contribution < 1.29 is 22.3 Å². The van der Waals surface area contributed by atoms with E-state index in [0.717, 1.165) is 0 Å². The van der Waals surface area contributed by atoms with Gasteiger partial charge in [0.1, 0.15) is 22.4 Å². The summed E-state index contributed by atoms with van der Waals surface area (Å²) in [5, 5.41) is 4.51. The minimum Gasteiger partial charge on any atom is -0.492 e. The Morgan fingerprint density at radius 2 is 2.07 bits per heavy atom. The van der Waals surface area contributed by atoms with Gasteiger partial charge >= 0.3 is 0 Å². The molecule has 0 bridgehead atoms. The zero-order valence-corrected chi connectivity index (χ0v) is 16.3. The molecule has 0 aliphatic carbocycles. The number of hydrogen-bond donors (Lipinski definition) is 1. The van der Waals surface area contributed by atoms with Gasteiger partial charge in [-0.15, -0.1) is 11.3 Å². The van der Waals surface area contributed by atoms with Crippen molar-refractivity contribution in [1.82, 2.24) is 9.62 Å². The zero-order valence-electron chi connectivity index (χ0n) is 14.6. The highest BCUT2D eigenvalue weighted by Gasteiger charge is 2.33. The van der Waals surface area contributed by atoms with Gasteiger partial charge in [0.2, 0.25) is 5.91 Å². The predicted octanol–water partition coefficient (Wildman–Crippen LogP) is 2.48. The fourth-order valence-corrected chi connectivity index (χ4v) is 5.60. The second-order valence-electron chi connectivity index (χ2n) is 6.23. The average Bonchev–Trinajstić information content (AvgIpc) is 3.22. The van der Waals surface area contributed by atoms with Crippen LogP contribution >= 0.6 is 11.3 Å². The average molecular weight is 413 g/mol. The van der Waals surface area contributed by atoms with Crippen molar-refractivity contribution in [2.75, 3.05) is 26.2 Å². The molecular weight excluding hydrogens is 391 g/mol. The van der Waals surface area contributed by atoms with Crippen molar-refractivity contribution in [3.63, 3.8) is 0 Å². The summed E-state index contributed by atoms with van der Waals surface area (Å²) in [4.78, 5) is 12.4. The highest BCUT2D eigenvalue weighted by molar-refractivity contribution is 7.91. The molecule has 1 fully saturated rings. The predicted molar refractivity (Wildman–Crippen MR) is 101 cm³/mol. The number of thiophene rings is 1. The van der Waals surface area contributed by atoms with Gasteiger partial charge in [-0.1, -0.05) is 6.07 Å². The van der Waals surface area contributed by atoms with Crippen LogP contribution in [0.3, 0.4) is 0 Å². The van der Waals surface area contributed by atoms with Gasteiger partial charge in [0.05, 0.1) is 12.5 Å². The second-order valence-corrected chi connectivity index (χ2v) is 9.34. The smallest absolute Gasteiger partial charge is 0.252 e. The summed E-state index contributed by atoms with van der Waals surface area (Å²) in [6, 6.07) is 8.93. The molecule has 9 heteroatoms. The van der Waals surface area contributed by atoms with E-state index < -0.39 is 10.0 Å². The lowest BCUT2D eigenvalue weighted by Crippen LogP contribution is -2.45. The molecule has 27 heavy (non-hydrogen) atoms. The van der Waals surface area contributed by atoms with E-state index in [1.165, 1.54) is 39.9 Å². The summed E-state index contributed by atoms with van der Waals surface area (Å²) < 4.78 is 45.2. The molecule has 0 radical (unpaired) electrons. The van der Waals surface area contributed by atoms with Crippen molar-refractivity contribution in [3.8, 4) is 5.75 Å². The van der Waals surface area contributed by atoms with Crippen LogP contribution in [0.15, 0.2) is 46.0 Å². The van der Waals surface area contributed by atoms with Crippen LogP contribution in [0, 0.1) is 11.7 Å². The van der Waals surface area contributed by atoms with E-state index in [1.54, 1.807) is 17.5 Å². The number of rotatable bonds is 7. The summed E-state index contributed by atoms with van der Waals surface area (Å²) in [5.41, 5.74) is 0. The molecule has 0 unspecified atom stereocenters. The molecule has 3 rings (SSSR count). The Labute approximate surface area is 162 Å². The monoisotopic (exact) mass is 412 g/mol. The van der Waals surface area contributed by atoms with E-state index in [2.05, 4.69) is 5.32 Å². The number of ether oxygens (including phenoxy) is 1. The lowest BCUT2D eigenvalue weighted by atomic mass is 9.99. The summed E-state index contributed by atoms with van der Waals surface area (Å²) in [7, 11) is -3.53. The summed E-state index contributed by atoms with van der Waals surface area (Å²) >= 11 is 1.18. The number of nitrogens with zero attached hydrogens (tertiary/aromatic N) is 1. The van der Waals surface area contributed by atoms with E-state index in [1.807, 2.05) is 0 Å². The molecule has 1 aromatic carbocycles. The van der Waals surface area contributed by atoms with Gasteiger partial charge in [0.25, 0.3) is 10.0 Å². The molecular formula is C18H21FN2O4S2. The zero-order chi connectivity index (χ0) is 19.3. The molecule has 0 saturated carbocycles. The number of carbonyl (C=O) groups is 1. The Kier molecular flexibility index (Phi) is 6.46. The fraction of sp³-hybridized carbons (Fsp3) is 0.389. The van der Waals surface area contributed by atoms with Gasteiger partial charge in [-0.2, -0.15) is 4.31 Å². The molecule has 1 aliphatic rings. The minimum atomic E-state index is -3.53. The van der Waals surface area contributed by atoms with E-state index in [9.17, 15) is 17.6 Å². The van der Waals surface area contributed by atoms with Crippen LogP contribution in [0.1, 0.15) is 12.8 Å². The number of benzene rings is 1. The van der Waals surface area contributed by atoms with Gasteiger partial charge in [-0.05, 0) is 48.6 Å². The number of nitrogens with one attached hydrogen (secondary N) is 1. The molecule has 1 saturated heterocycles. The quantitative estimate of drug-likeness (QED) is 0.709. The third kappa shape index (κ3) is 5.06. The minimum absolute atomic E-state index is 0.177. The van der Waals surface area contributed by atoms with Gasteiger partial charge < -0.3 is 10.1 Å². The number of sulfonamides is 1. The first-order chi connectivity index (χ1) is 13.0. The summed E-state index contributed by atoms with van der Waals surface area (Å²) in [5.74, 6) is -0.366. The van der Waals surface area contributed by atoms with Crippen LogP contribution in [0.25, 0.3) is 0 Å². The standard InChI is InChI=1S/C18H21FN2O4S2/c19-15-5-7-16(8-6-15)25-11-9-20-18(22)14-3-1-10-21(13-14)27(23,24)17-4-2-12-26-17/h2,4-8,12,14H,1,3,9-11,13H2,(H,20,22)/t14-/m0/s1. The third-order valence-electron chi connectivity index (χ3n) is 4.33. The maximum atomic E-state index is 12.8. The Balaban J connectivity index is 1.47. The fourth-order valence-electron chi connectivity index (χ4n) is 2.93. The molecule has 1 atom stereocenters. The Morgan fingerprint density at radius 3 is 2.78 bits per heavy atom. The summed E-state index contributed by atoms with van der Waals surface area (Å²) in [6.45, 7) is 1.16. The number of hydrogen-bond acceptors (Lipinski definition) is 5. The lowest BCUT2D eigenvalue weighted by molar-refractivity contribution is -0.126. The van der Waals surface area contributed by atoms with E-state index in [-0.39, 0.29) is 30.8 Å². The molecule has 1 amide bonds. The van der Waals surface area contributed by atoms with Crippen molar-refractivity contribution in [2.24, 2.45) is 5.92 Å². The van der Waals surface area contributed by atoms with Crippen LogP contribution < -0.4 is 10.1 Å². The highest BCUT2D eigenvalue weighted by Crippen LogP contribution is 2.26. The first-order valence-electron chi connectivity index (χ1n) is 8.66. The van der Waals surface area contributed by atoms with Crippen LogP contribution in [-0.4, -0.2) is 44.9 Å². The van der Waals surface area contributed by atoms with Gasteiger partial charge in [0.15, 0.2) is 0 Å². The summed E-state index contributed by atoms with van der Waals surface area (Å²) in [6.07, 6.45) is 1.30. The lowest BCUT2D eigenvalue weighted by Gasteiger charge is -2.30. The first kappa shape index (κ1) is 19.8. The Morgan fingerprint density at radius 1 is 1.30 bits per heavy atom. The van der Waals surface area contributed by atoms with Crippen molar-refractivity contribution in [2.45, 2.75) is 17.1 Å². The van der Waals surface area contributed by atoms with Gasteiger partial charge in [0, 0.05) is 13.1 Å². The third-order valence-corrected chi connectivity index (χ3v) is 7.57. The van der Waals surface area contributed by atoms with E-state index >= 15 is 0 Å². The molecule has 1 N–H and O–H groups in total. The van der Waals surface area contributed by atoms with Crippen LogP contribution in [-0.2, 0) is 14.8 Å². The number of halogens is 1. The maximum absolute atomic E-state index is 12.8. The van der Waals surface area contributed by atoms with Crippen molar-refractivity contribution in [3.05, 3.63) is 47.6 Å². The van der Waals surface area contributed by atoms with Crippen LogP contribution in [0.4, 0.5) is 4.39 Å². The molecule has 6 nitrogen and oxygen atoms in total. The molecule has 1 aliphatic heterocycles. The molecule has 146 valence electrons. The largest absolute Gasteiger partial charge is 0.492 e. The highest BCUT2D eigenvalue weighted by atomic mass is 32.2. The number of amides is 1. The normalized spacial score (nSPS) is 18.2. The van der Waals surface area contributed by atoms with Crippen LogP contribution in [0.2, 0.25) is 0 Å². The molecule has 2 heterocycles. The van der Waals surface area contributed by atoms with Gasteiger partial charge in [-0.3, -0.25) is 4.79 Å². The van der Waals surface area contributed by atoms with Gasteiger partial charge in [-0.25, -0.2) is 12.8 Å². The molecule has 1 aromatic heterocycles. The topological polar surface area (TPSA) is 75.7 Å². The number of carbonyl (C=O) groups excluding carboxylic acids is 1. The second kappa shape index (κ2) is 8.81. The van der Waals surface area contributed by atoms with E-state index in [4.69, 9.17) is 4.74 Å². The number of piperidine rings is 1.